The molecule has 0 bridgehead atoms. The maximum absolute atomic E-state index is 13.6. The number of carbonyl (C=O) groups excluding carboxylic acids is 3. The third kappa shape index (κ3) is 4.60. The number of carbonyl (C=O) groups is 3. The van der Waals surface area contributed by atoms with E-state index in [1.807, 2.05) is 30.3 Å². The van der Waals surface area contributed by atoms with E-state index in [2.05, 4.69) is 20.4 Å². The Bertz CT molecular complexity index is 1200. The molecule has 3 amide bonds. The number of ether oxygens (including phenoxy) is 1. The molecule has 0 radical (unpaired) electrons. The highest BCUT2D eigenvalue weighted by Gasteiger charge is 2.53. The van der Waals surface area contributed by atoms with E-state index in [0.717, 1.165) is 15.6 Å². The van der Waals surface area contributed by atoms with Gasteiger partial charge in [0.15, 0.2) is 5.60 Å². The molecule has 1 saturated heterocycles. The van der Waals surface area contributed by atoms with Crippen LogP contribution in [0.5, 0.6) is 0 Å². The number of imide groups is 1. The van der Waals surface area contributed by atoms with E-state index in [-0.39, 0.29) is 22.2 Å². The van der Waals surface area contributed by atoms with Crippen LogP contribution in [-0.4, -0.2) is 33.5 Å². The van der Waals surface area contributed by atoms with Gasteiger partial charge in [-0.25, -0.2) is 4.79 Å². The summed E-state index contributed by atoms with van der Waals surface area (Å²) in [4.78, 5) is 40.4. The van der Waals surface area contributed by atoms with Crippen molar-refractivity contribution in [3.8, 4) is 0 Å². The zero-order valence-electron chi connectivity index (χ0n) is 20.1. The Morgan fingerprint density at radius 3 is 1.74 bits per heavy atom. The van der Waals surface area contributed by atoms with Gasteiger partial charge in [-0.15, -0.1) is 0 Å². The molecule has 1 fully saturated rings. The summed E-state index contributed by atoms with van der Waals surface area (Å²) in [7, 11) is 0. The van der Waals surface area contributed by atoms with E-state index in [0.29, 0.717) is 6.42 Å². The lowest BCUT2D eigenvalue weighted by molar-refractivity contribution is 0.0227. The van der Waals surface area contributed by atoms with Crippen molar-refractivity contribution in [2.24, 2.45) is 0 Å². The molecular formula is C29H28N2O4. The predicted molar refractivity (Wildman–Crippen MR) is 133 cm³/mol. The summed E-state index contributed by atoms with van der Waals surface area (Å²) in [5, 5.41) is 1.81. The third-order valence-electron chi connectivity index (χ3n) is 6.31. The van der Waals surface area contributed by atoms with E-state index in [1.54, 1.807) is 67.6 Å². The molecule has 3 aromatic rings. The molecule has 35 heavy (non-hydrogen) atoms. The summed E-state index contributed by atoms with van der Waals surface area (Å²) in [6.07, 6.45) is -0.423. The summed E-state index contributed by atoms with van der Waals surface area (Å²) >= 11 is 0. The van der Waals surface area contributed by atoms with Crippen LogP contribution >= 0.6 is 0 Å². The van der Waals surface area contributed by atoms with Gasteiger partial charge in [0.2, 0.25) is 0 Å². The standard InChI is InChI=1S/C29H28N2O4/c1-21-29(4,20-28(2,3)24-18-12-7-13-19-24)35-27(34)30(21)31(25(32)22-14-8-5-9-15-22)26(33)23-16-10-6-11-17-23/h5-19H,1,20H2,2-4H3/t29-/m0/s1. The maximum Gasteiger partial charge on any atom is 0.434 e. The van der Waals surface area contributed by atoms with Crippen molar-refractivity contribution >= 4 is 17.9 Å². The molecule has 1 aliphatic heterocycles. The monoisotopic (exact) mass is 468 g/mol. The molecular weight excluding hydrogens is 440 g/mol. The van der Waals surface area contributed by atoms with Crippen molar-refractivity contribution in [3.05, 3.63) is 120 Å². The fourth-order valence-corrected chi connectivity index (χ4v) is 4.48. The van der Waals surface area contributed by atoms with Gasteiger partial charge in [0.25, 0.3) is 11.8 Å². The molecule has 0 unspecified atom stereocenters. The Morgan fingerprint density at radius 1 is 0.857 bits per heavy atom. The summed E-state index contributed by atoms with van der Waals surface area (Å²) in [5.74, 6) is -1.30. The Labute approximate surface area is 205 Å². The largest absolute Gasteiger partial charge is 0.435 e. The maximum atomic E-state index is 13.6. The fraction of sp³-hybridized carbons (Fsp3) is 0.207. The average molecular weight is 469 g/mol. The molecule has 1 heterocycles. The van der Waals surface area contributed by atoms with Gasteiger partial charge < -0.3 is 4.74 Å². The van der Waals surface area contributed by atoms with E-state index in [4.69, 9.17) is 4.74 Å². The first-order valence-corrected chi connectivity index (χ1v) is 11.4. The molecule has 0 spiro atoms. The van der Waals surface area contributed by atoms with Gasteiger partial charge in [-0.3, -0.25) is 9.59 Å². The molecule has 4 rings (SSSR count). The normalized spacial score (nSPS) is 17.7. The second kappa shape index (κ2) is 9.22. The Hall–Kier alpha value is -4.19. The van der Waals surface area contributed by atoms with Crippen LogP contribution < -0.4 is 0 Å². The Morgan fingerprint density at radius 2 is 1.29 bits per heavy atom. The summed E-state index contributed by atoms with van der Waals surface area (Å²) in [6, 6.07) is 26.6. The molecule has 1 atom stereocenters. The molecule has 1 aliphatic rings. The van der Waals surface area contributed by atoms with Crippen LogP contribution in [0, 0.1) is 0 Å². The minimum Gasteiger partial charge on any atom is -0.435 e. The van der Waals surface area contributed by atoms with Gasteiger partial charge >= 0.3 is 6.09 Å². The van der Waals surface area contributed by atoms with E-state index >= 15 is 0 Å². The smallest absolute Gasteiger partial charge is 0.434 e. The first kappa shape index (κ1) is 24.0. The van der Waals surface area contributed by atoms with Gasteiger partial charge in [-0.2, -0.15) is 10.0 Å². The van der Waals surface area contributed by atoms with Crippen molar-refractivity contribution in [1.82, 2.24) is 10.0 Å². The highest BCUT2D eigenvalue weighted by Crippen LogP contribution is 2.43. The average Bonchev–Trinajstić information content (AvgIpc) is 3.08. The number of cyclic esters (lactones) is 1. The first-order valence-electron chi connectivity index (χ1n) is 11.4. The Balaban J connectivity index is 1.72. The summed E-state index contributed by atoms with van der Waals surface area (Å²) < 4.78 is 5.83. The van der Waals surface area contributed by atoms with Gasteiger partial charge in [-0.05, 0) is 42.2 Å². The molecule has 0 aliphatic carbocycles. The number of nitrogens with zero attached hydrogens (tertiary/aromatic N) is 2. The summed E-state index contributed by atoms with van der Waals surface area (Å²) in [5.41, 5.74) is 0.294. The molecule has 3 aromatic carbocycles. The molecule has 0 saturated carbocycles. The van der Waals surface area contributed by atoms with Crippen LogP contribution in [-0.2, 0) is 10.2 Å². The molecule has 178 valence electrons. The second-order valence-electron chi connectivity index (χ2n) is 9.44. The molecule has 6 nitrogen and oxygen atoms in total. The van der Waals surface area contributed by atoms with Crippen molar-refractivity contribution < 1.29 is 19.1 Å². The minimum atomic E-state index is -1.14. The zero-order valence-corrected chi connectivity index (χ0v) is 20.1. The SMILES string of the molecule is C=C1N(N(C(=O)c2ccccc2)C(=O)c2ccccc2)C(=O)O[C@@]1(C)CC(C)(C)c1ccccc1. The summed E-state index contributed by atoms with van der Waals surface area (Å²) in [6.45, 7) is 9.99. The fourth-order valence-electron chi connectivity index (χ4n) is 4.48. The van der Waals surface area contributed by atoms with Gasteiger partial charge in [0.05, 0.1) is 5.70 Å². The molecule has 0 aromatic heterocycles. The van der Waals surface area contributed by atoms with Crippen LogP contribution in [0.15, 0.2) is 103 Å². The van der Waals surface area contributed by atoms with Crippen LogP contribution in [0.2, 0.25) is 0 Å². The topological polar surface area (TPSA) is 66.9 Å². The van der Waals surface area contributed by atoms with Crippen LogP contribution in [0.3, 0.4) is 0 Å². The number of amides is 3. The number of rotatable bonds is 6. The van der Waals surface area contributed by atoms with Crippen LogP contribution in [0.25, 0.3) is 0 Å². The molecule has 0 N–H and O–H groups in total. The number of benzene rings is 3. The van der Waals surface area contributed by atoms with Crippen molar-refractivity contribution in [3.63, 3.8) is 0 Å². The van der Waals surface area contributed by atoms with Gasteiger partial charge in [-0.1, -0.05) is 87.2 Å². The zero-order chi connectivity index (χ0) is 25.2. The lowest BCUT2D eigenvalue weighted by Gasteiger charge is -2.35. The van der Waals surface area contributed by atoms with E-state index in [9.17, 15) is 14.4 Å². The van der Waals surface area contributed by atoms with E-state index in [1.165, 1.54) is 0 Å². The lowest BCUT2D eigenvalue weighted by Crippen LogP contribution is -2.50. The van der Waals surface area contributed by atoms with Gasteiger partial charge in [0, 0.05) is 17.5 Å². The van der Waals surface area contributed by atoms with Crippen LogP contribution in [0.1, 0.15) is 53.5 Å². The first-order chi connectivity index (χ1) is 16.6. The highest BCUT2D eigenvalue weighted by atomic mass is 16.6. The van der Waals surface area contributed by atoms with Crippen molar-refractivity contribution in [1.29, 1.82) is 0 Å². The third-order valence-corrected chi connectivity index (χ3v) is 6.31. The second-order valence-corrected chi connectivity index (χ2v) is 9.44. The highest BCUT2D eigenvalue weighted by molar-refractivity contribution is 6.11. The molecule has 6 heteroatoms. The quantitative estimate of drug-likeness (QED) is 0.418. The number of hydrogen-bond acceptors (Lipinski definition) is 4. The lowest BCUT2D eigenvalue weighted by atomic mass is 9.75. The van der Waals surface area contributed by atoms with E-state index < -0.39 is 23.5 Å². The van der Waals surface area contributed by atoms with Crippen LogP contribution in [0.4, 0.5) is 4.79 Å². The van der Waals surface area contributed by atoms with Crippen molar-refractivity contribution in [2.75, 3.05) is 0 Å². The van der Waals surface area contributed by atoms with Crippen molar-refractivity contribution in [2.45, 2.75) is 38.2 Å². The number of hydrazine groups is 1. The number of hydrogen-bond donors (Lipinski definition) is 0. The minimum absolute atomic E-state index is 0.222. The predicted octanol–water partition coefficient (Wildman–Crippen LogP) is 5.98. The Kier molecular flexibility index (Phi) is 6.31. The van der Waals surface area contributed by atoms with Gasteiger partial charge in [0.1, 0.15) is 0 Å².